The number of hydroxylamine groups is 2. The Morgan fingerprint density at radius 2 is 1.67 bits per heavy atom. The van der Waals surface area contributed by atoms with Crippen molar-refractivity contribution in [3.63, 3.8) is 0 Å². The molecule has 0 bridgehead atoms. The SMILES string of the molecule is CC(C)C[C@H]1ON(C(=O)O)C2CN(C3CCC(N)CC3)C(=O)[C@H](CC(C)C)N2C1=O. The first-order chi connectivity index (χ1) is 14.1. The molecule has 2 aliphatic heterocycles. The van der Waals surface area contributed by atoms with Crippen LogP contribution in [0.4, 0.5) is 4.79 Å². The molecule has 3 rings (SSSR count). The zero-order valence-electron chi connectivity index (χ0n) is 18.5. The maximum atomic E-state index is 13.5. The van der Waals surface area contributed by atoms with E-state index < -0.39 is 24.4 Å². The minimum Gasteiger partial charge on any atom is -0.463 e. The molecule has 3 fully saturated rings. The number of amides is 3. The average molecular weight is 425 g/mol. The monoisotopic (exact) mass is 424 g/mol. The largest absolute Gasteiger partial charge is 0.463 e. The first-order valence-corrected chi connectivity index (χ1v) is 11.2. The second kappa shape index (κ2) is 9.09. The Bertz CT molecular complexity index is 662. The van der Waals surface area contributed by atoms with Gasteiger partial charge in [0.25, 0.3) is 5.91 Å². The van der Waals surface area contributed by atoms with Gasteiger partial charge in [0.2, 0.25) is 5.91 Å². The number of carbonyl (C=O) groups excluding carboxylic acids is 2. The smallest absolute Gasteiger partial charge is 0.433 e. The van der Waals surface area contributed by atoms with Crippen LogP contribution in [0.3, 0.4) is 0 Å². The molecule has 3 amide bonds. The molecular formula is C21H36N4O5. The van der Waals surface area contributed by atoms with Gasteiger partial charge in [-0.15, -0.1) is 0 Å². The Balaban J connectivity index is 1.94. The van der Waals surface area contributed by atoms with Crippen molar-refractivity contribution in [1.29, 1.82) is 0 Å². The number of rotatable bonds is 5. The Hall–Kier alpha value is -1.87. The van der Waals surface area contributed by atoms with E-state index in [0.717, 1.165) is 30.7 Å². The summed E-state index contributed by atoms with van der Waals surface area (Å²) in [7, 11) is 0. The summed E-state index contributed by atoms with van der Waals surface area (Å²) in [6.45, 7) is 8.06. The molecule has 2 saturated heterocycles. The van der Waals surface area contributed by atoms with Gasteiger partial charge in [-0.25, -0.2) is 4.79 Å². The highest BCUT2D eigenvalue weighted by Crippen LogP contribution is 2.34. The molecule has 0 aromatic heterocycles. The van der Waals surface area contributed by atoms with Crippen molar-refractivity contribution >= 4 is 17.9 Å². The normalized spacial score (nSPS) is 32.8. The number of carbonyl (C=O) groups is 3. The number of hydrogen-bond donors (Lipinski definition) is 2. The van der Waals surface area contributed by atoms with Crippen LogP contribution in [-0.2, 0) is 14.4 Å². The molecule has 9 nitrogen and oxygen atoms in total. The fraction of sp³-hybridized carbons (Fsp3) is 0.857. The van der Waals surface area contributed by atoms with E-state index in [0.29, 0.717) is 12.8 Å². The third-order valence-corrected chi connectivity index (χ3v) is 6.38. The number of nitrogens with zero attached hydrogens (tertiary/aromatic N) is 3. The molecule has 30 heavy (non-hydrogen) atoms. The van der Waals surface area contributed by atoms with Gasteiger partial charge in [0.1, 0.15) is 6.04 Å². The van der Waals surface area contributed by atoms with E-state index in [-0.39, 0.29) is 42.3 Å². The van der Waals surface area contributed by atoms with E-state index in [1.165, 1.54) is 4.90 Å². The van der Waals surface area contributed by atoms with E-state index in [2.05, 4.69) is 0 Å². The minimum absolute atomic E-state index is 0.0215. The van der Waals surface area contributed by atoms with Crippen LogP contribution in [0.2, 0.25) is 0 Å². The highest BCUT2D eigenvalue weighted by molar-refractivity contribution is 5.92. The predicted octanol–water partition coefficient (Wildman–Crippen LogP) is 2.01. The first-order valence-electron chi connectivity index (χ1n) is 11.2. The fourth-order valence-corrected chi connectivity index (χ4v) is 4.93. The summed E-state index contributed by atoms with van der Waals surface area (Å²) >= 11 is 0. The Morgan fingerprint density at radius 3 is 2.20 bits per heavy atom. The van der Waals surface area contributed by atoms with Gasteiger partial charge >= 0.3 is 6.09 Å². The molecule has 3 aliphatic rings. The maximum absolute atomic E-state index is 13.5. The molecule has 1 aliphatic carbocycles. The first kappa shape index (κ1) is 22.8. The predicted molar refractivity (Wildman–Crippen MR) is 110 cm³/mol. The molecule has 0 aromatic carbocycles. The van der Waals surface area contributed by atoms with Gasteiger partial charge in [0, 0.05) is 12.1 Å². The van der Waals surface area contributed by atoms with Crippen LogP contribution >= 0.6 is 0 Å². The zero-order chi connectivity index (χ0) is 22.2. The van der Waals surface area contributed by atoms with E-state index in [1.807, 2.05) is 27.7 Å². The second-order valence-corrected chi connectivity index (χ2v) is 9.76. The van der Waals surface area contributed by atoms with Gasteiger partial charge in [-0.3, -0.25) is 14.4 Å². The zero-order valence-corrected chi connectivity index (χ0v) is 18.5. The third kappa shape index (κ3) is 4.56. The van der Waals surface area contributed by atoms with E-state index in [9.17, 15) is 19.5 Å². The Kier molecular flexibility index (Phi) is 6.91. The van der Waals surface area contributed by atoms with Crippen molar-refractivity contribution in [2.75, 3.05) is 6.54 Å². The second-order valence-electron chi connectivity index (χ2n) is 9.76. The Morgan fingerprint density at radius 1 is 1.07 bits per heavy atom. The van der Waals surface area contributed by atoms with Crippen molar-refractivity contribution in [3.05, 3.63) is 0 Å². The van der Waals surface area contributed by atoms with Crippen LogP contribution in [0.25, 0.3) is 0 Å². The van der Waals surface area contributed by atoms with Gasteiger partial charge < -0.3 is 20.6 Å². The summed E-state index contributed by atoms with van der Waals surface area (Å²) in [4.78, 5) is 47.8. The summed E-state index contributed by atoms with van der Waals surface area (Å²) in [6, 6.07) is -0.503. The minimum atomic E-state index is -1.24. The van der Waals surface area contributed by atoms with E-state index >= 15 is 0 Å². The molecular weight excluding hydrogens is 388 g/mol. The van der Waals surface area contributed by atoms with Gasteiger partial charge in [-0.1, -0.05) is 27.7 Å². The average Bonchev–Trinajstić information content (AvgIpc) is 2.65. The quantitative estimate of drug-likeness (QED) is 0.697. The van der Waals surface area contributed by atoms with Gasteiger partial charge in [-0.05, 0) is 50.4 Å². The van der Waals surface area contributed by atoms with E-state index in [1.54, 1.807) is 4.90 Å². The van der Waals surface area contributed by atoms with Gasteiger partial charge in [0.15, 0.2) is 12.3 Å². The standard InChI is InChI=1S/C21H36N4O5/c1-12(2)9-16-19(26)23(15-7-5-14(22)6-8-15)11-18-24(16)20(27)17(10-13(3)4)30-25(18)21(28)29/h12-18H,5-11,22H2,1-4H3,(H,28,29)/t14?,15?,16-,17+,18?/m0/s1. The summed E-state index contributed by atoms with van der Waals surface area (Å²) < 4.78 is 0. The van der Waals surface area contributed by atoms with Crippen molar-refractivity contribution in [2.45, 2.75) is 96.6 Å². The number of fused-ring (bicyclic) bond motifs is 1. The van der Waals surface area contributed by atoms with Crippen molar-refractivity contribution < 1.29 is 24.3 Å². The fourth-order valence-electron chi connectivity index (χ4n) is 4.93. The molecule has 2 heterocycles. The lowest BCUT2D eigenvalue weighted by Gasteiger charge is -2.54. The number of piperazine rings is 1. The van der Waals surface area contributed by atoms with Crippen LogP contribution in [0.15, 0.2) is 0 Å². The molecule has 170 valence electrons. The lowest BCUT2D eigenvalue weighted by Crippen LogP contribution is -2.74. The molecule has 3 N–H and O–H groups in total. The van der Waals surface area contributed by atoms with Crippen molar-refractivity contribution in [2.24, 2.45) is 17.6 Å². The highest BCUT2D eigenvalue weighted by Gasteiger charge is 2.54. The van der Waals surface area contributed by atoms with Crippen molar-refractivity contribution in [3.8, 4) is 0 Å². The number of nitrogens with two attached hydrogens (primary N) is 1. The maximum Gasteiger partial charge on any atom is 0.433 e. The highest BCUT2D eigenvalue weighted by atomic mass is 16.7. The lowest BCUT2D eigenvalue weighted by atomic mass is 9.88. The lowest BCUT2D eigenvalue weighted by molar-refractivity contribution is -0.268. The van der Waals surface area contributed by atoms with Crippen molar-refractivity contribution in [1.82, 2.24) is 14.9 Å². The topological polar surface area (TPSA) is 116 Å². The van der Waals surface area contributed by atoms with Crippen LogP contribution in [0.5, 0.6) is 0 Å². The van der Waals surface area contributed by atoms with Crippen LogP contribution in [0.1, 0.15) is 66.2 Å². The number of carboxylic acid groups (broad SMARTS) is 1. The molecule has 9 heteroatoms. The third-order valence-electron chi connectivity index (χ3n) is 6.38. The summed E-state index contributed by atoms with van der Waals surface area (Å²) in [5, 5.41) is 10.7. The van der Waals surface area contributed by atoms with Crippen LogP contribution < -0.4 is 5.73 Å². The van der Waals surface area contributed by atoms with Crippen LogP contribution in [-0.4, -0.2) is 74.8 Å². The molecule has 1 saturated carbocycles. The van der Waals surface area contributed by atoms with E-state index in [4.69, 9.17) is 10.6 Å². The van der Waals surface area contributed by atoms with Gasteiger partial charge in [-0.2, -0.15) is 5.06 Å². The number of hydrogen-bond acceptors (Lipinski definition) is 5. The summed E-state index contributed by atoms with van der Waals surface area (Å²) in [6.07, 6.45) is 1.21. The molecule has 3 atom stereocenters. The molecule has 0 aromatic rings. The van der Waals surface area contributed by atoms with Crippen LogP contribution in [0, 0.1) is 11.8 Å². The summed E-state index contributed by atoms with van der Waals surface area (Å²) in [5.74, 6) is -0.0326. The summed E-state index contributed by atoms with van der Waals surface area (Å²) in [5.41, 5.74) is 6.03. The molecule has 0 spiro atoms. The Labute approximate surface area is 178 Å². The molecule has 1 unspecified atom stereocenters. The van der Waals surface area contributed by atoms with Gasteiger partial charge in [0.05, 0.1) is 6.54 Å². The molecule has 0 radical (unpaired) electrons.